The van der Waals surface area contributed by atoms with Gasteiger partial charge in [-0.3, -0.25) is 14.7 Å². The molecule has 0 unspecified atom stereocenters. The number of imidazole rings is 1. The average Bonchev–Trinajstić information content (AvgIpc) is 2.89. The van der Waals surface area contributed by atoms with Crippen LogP contribution >= 0.6 is 0 Å². The van der Waals surface area contributed by atoms with E-state index >= 15 is 0 Å². The van der Waals surface area contributed by atoms with E-state index in [1.54, 1.807) is 0 Å². The summed E-state index contributed by atoms with van der Waals surface area (Å²) in [4.78, 5) is 21.6. The molecule has 0 radical (unpaired) electrons. The van der Waals surface area contributed by atoms with Gasteiger partial charge in [-0.2, -0.15) is 0 Å². The van der Waals surface area contributed by atoms with Crippen molar-refractivity contribution in [2.45, 2.75) is 45.1 Å². The van der Waals surface area contributed by atoms with Gasteiger partial charge >= 0.3 is 0 Å². The van der Waals surface area contributed by atoms with Crippen LogP contribution in [0.1, 0.15) is 42.9 Å². The van der Waals surface area contributed by atoms with Crippen molar-refractivity contribution in [2.24, 2.45) is 0 Å². The predicted molar refractivity (Wildman–Crippen MR) is 98.5 cm³/mol. The largest absolute Gasteiger partial charge is 0.296 e. The van der Waals surface area contributed by atoms with E-state index in [4.69, 9.17) is 0 Å². The van der Waals surface area contributed by atoms with E-state index in [0.29, 0.717) is 18.4 Å². The minimum Gasteiger partial charge on any atom is -0.296 e. The third-order valence-electron chi connectivity index (χ3n) is 4.84. The first-order chi connectivity index (χ1) is 12.2. The summed E-state index contributed by atoms with van der Waals surface area (Å²) in [6.45, 7) is 2.01. The molecule has 5 nitrogen and oxygen atoms in total. The lowest BCUT2D eigenvalue weighted by atomic mass is 9.93. The zero-order valence-electron chi connectivity index (χ0n) is 14.4. The Labute approximate surface area is 147 Å². The molecule has 25 heavy (non-hydrogen) atoms. The van der Waals surface area contributed by atoms with Crippen LogP contribution in [0.2, 0.25) is 0 Å². The number of carbonyl (C=O) groups excluding carboxylic acids is 1. The summed E-state index contributed by atoms with van der Waals surface area (Å²) in [6, 6.07) is 12.5. The molecule has 0 bridgehead atoms. The molecular formula is C20H22N4O. The highest BCUT2D eigenvalue weighted by Gasteiger charge is 2.26. The van der Waals surface area contributed by atoms with Crippen molar-refractivity contribution in [3.8, 4) is 0 Å². The molecule has 0 aliphatic heterocycles. The van der Waals surface area contributed by atoms with E-state index in [-0.39, 0.29) is 5.91 Å². The first kappa shape index (κ1) is 15.8. The molecule has 1 fully saturated rings. The number of aryl methyl sites for hydroxylation is 2. The van der Waals surface area contributed by atoms with Crippen LogP contribution in [0.3, 0.4) is 0 Å². The van der Waals surface area contributed by atoms with Gasteiger partial charge in [0.05, 0.1) is 0 Å². The second-order valence-electron chi connectivity index (χ2n) is 6.78. The van der Waals surface area contributed by atoms with Crippen molar-refractivity contribution in [3.05, 3.63) is 53.7 Å². The fourth-order valence-electron chi connectivity index (χ4n) is 3.25. The molecule has 5 heteroatoms. The molecule has 1 aliphatic carbocycles. The van der Waals surface area contributed by atoms with E-state index in [9.17, 15) is 4.79 Å². The molecule has 1 aliphatic rings. The van der Waals surface area contributed by atoms with Gasteiger partial charge in [-0.25, -0.2) is 9.97 Å². The Balaban J connectivity index is 1.54. The zero-order valence-corrected chi connectivity index (χ0v) is 14.4. The molecule has 1 amide bonds. The lowest BCUT2D eigenvalue weighted by Gasteiger charge is -2.28. The number of benzene rings is 1. The topological polar surface area (TPSA) is 59.8 Å². The summed E-state index contributed by atoms with van der Waals surface area (Å²) >= 11 is 0. The maximum Gasteiger partial charge on any atom is 0.227 e. The van der Waals surface area contributed by atoms with E-state index in [0.717, 1.165) is 36.0 Å². The third-order valence-corrected chi connectivity index (χ3v) is 4.84. The molecule has 2 aromatic heterocycles. The molecule has 128 valence electrons. The fraction of sp³-hybridized carbons (Fsp3) is 0.350. The number of hydrogen-bond donors (Lipinski definition) is 1. The number of amides is 1. The second kappa shape index (κ2) is 6.67. The van der Waals surface area contributed by atoms with Crippen LogP contribution in [0.25, 0.3) is 11.2 Å². The summed E-state index contributed by atoms with van der Waals surface area (Å²) in [5.41, 5.74) is 3.97. The van der Waals surface area contributed by atoms with Crippen LogP contribution in [0.5, 0.6) is 0 Å². The van der Waals surface area contributed by atoms with E-state index in [1.165, 1.54) is 12.0 Å². The number of carbonyl (C=O) groups is 1. The van der Waals surface area contributed by atoms with Gasteiger partial charge in [-0.05, 0) is 49.8 Å². The maximum atomic E-state index is 12.4. The van der Waals surface area contributed by atoms with Gasteiger partial charge in [-0.15, -0.1) is 0 Å². The van der Waals surface area contributed by atoms with Crippen molar-refractivity contribution >= 4 is 23.0 Å². The lowest BCUT2D eigenvalue weighted by molar-refractivity contribution is -0.116. The zero-order chi connectivity index (χ0) is 17.2. The highest BCUT2D eigenvalue weighted by atomic mass is 16.1. The van der Waals surface area contributed by atoms with E-state index in [1.807, 2.05) is 49.5 Å². The van der Waals surface area contributed by atoms with Crippen molar-refractivity contribution < 1.29 is 4.79 Å². The van der Waals surface area contributed by atoms with Crippen molar-refractivity contribution in [3.63, 3.8) is 0 Å². The molecule has 3 aromatic rings. The molecule has 1 saturated carbocycles. The smallest absolute Gasteiger partial charge is 0.227 e. The van der Waals surface area contributed by atoms with Gasteiger partial charge in [0.2, 0.25) is 11.9 Å². The molecular weight excluding hydrogens is 312 g/mol. The fourth-order valence-corrected chi connectivity index (χ4v) is 3.25. The Hall–Kier alpha value is -2.69. The normalized spacial score (nSPS) is 14.4. The van der Waals surface area contributed by atoms with Crippen molar-refractivity contribution in [1.82, 2.24) is 14.5 Å². The number of fused-ring (bicyclic) bond motifs is 1. The Morgan fingerprint density at radius 1 is 1.28 bits per heavy atom. The second-order valence-corrected chi connectivity index (χ2v) is 6.78. The number of rotatable bonds is 5. The van der Waals surface area contributed by atoms with E-state index in [2.05, 4.69) is 19.9 Å². The van der Waals surface area contributed by atoms with Crippen molar-refractivity contribution in [1.29, 1.82) is 0 Å². The molecule has 0 atom stereocenters. The summed E-state index contributed by atoms with van der Waals surface area (Å²) < 4.78 is 2.11. The molecule has 1 N–H and O–H groups in total. The minimum atomic E-state index is -0.00328. The quantitative estimate of drug-likeness (QED) is 0.766. The summed E-state index contributed by atoms with van der Waals surface area (Å²) in [5, 5.41) is 3.01. The molecule has 2 heterocycles. The van der Waals surface area contributed by atoms with Crippen LogP contribution in [0, 0.1) is 6.92 Å². The van der Waals surface area contributed by atoms with Crippen LogP contribution in [-0.2, 0) is 11.2 Å². The van der Waals surface area contributed by atoms with Crippen LogP contribution < -0.4 is 5.32 Å². The third kappa shape index (κ3) is 3.27. The Bertz CT molecular complexity index is 897. The van der Waals surface area contributed by atoms with Gasteiger partial charge < -0.3 is 0 Å². The predicted octanol–water partition coefficient (Wildman–Crippen LogP) is 4.04. The van der Waals surface area contributed by atoms with E-state index < -0.39 is 0 Å². The van der Waals surface area contributed by atoms with Crippen LogP contribution in [0.15, 0.2) is 42.6 Å². The highest BCUT2D eigenvalue weighted by molar-refractivity contribution is 5.91. The monoisotopic (exact) mass is 334 g/mol. The summed E-state index contributed by atoms with van der Waals surface area (Å²) in [6.07, 6.45) is 6.50. The minimum absolute atomic E-state index is 0.00328. The van der Waals surface area contributed by atoms with Gasteiger partial charge in [0, 0.05) is 18.7 Å². The number of anilines is 1. The number of hydrogen-bond acceptors (Lipinski definition) is 3. The first-order valence-electron chi connectivity index (χ1n) is 8.89. The maximum absolute atomic E-state index is 12.4. The molecule has 0 spiro atoms. The van der Waals surface area contributed by atoms with Crippen LogP contribution in [0.4, 0.5) is 5.95 Å². The molecule has 4 rings (SSSR count). The van der Waals surface area contributed by atoms with Gasteiger partial charge in [-0.1, -0.05) is 30.3 Å². The standard InChI is InChI=1S/C20H22N4O/c1-14-12-17-19(21-13-14)24(16-8-5-9-16)20(22-17)23-18(25)11-10-15-6-3-2-4-7-15/h2-4,6-7,12-13,16H,5,8-11H2,1H3,(H,22,23,25). The van der Waals surface area contributed by atoms with Crippen molar-refractivity contribution in [2.75, 3.05) is 5.32 Å². The highest BCUT2D eigenvalue weighted by Crippen LogP contribution is 2.36. The van der Waals surface area contributed by atoms with Crippen LogP contribution in [-0.4, -0.2) is 20.4 Å². The summed E-state index contributed by atoms with van der Waals surface area (Å²) in [7, 11) is 0. The SMILES string of the molecule is Cc1cnc2c(c1)nc(NC(=O)CCc1ccccc1)n2C1CCC1. The first-order valence-corrected chi connectivity index (χ1v) is 8.89. The molecule has 0 saturated heterocycles. The lowest BCUT2D eigenvalue weighted by Crippen LogP contribution is -2.22. The number of nitrogens with one attached hydrogen (secondary N) is 1. The molecule has 1 aromatic carbocycles. The van der Waals surface area contributed by atoms with Gasteiger partial charge in [0.1, 0.15) is 5.52 Å². The van der Waals surface area contributed by atoms with Gasteiger partial charge in [0.25, 0.3) is 0 Å². The Morgan fingerprint density at radius 3 is 2.80 bits per heavy atom. The average molecular weight is 334 g/mol. The number of aromatic nitrogens is 3. The summed E-state index contributed by atoms with van der Waals surface area (Å²) in [5.74, 6) is 0.632. The Kier molecular flexibility index (Phi) is 4.22. The van der Waals surface area contributed by atoms with Gasteiger partial charge in [0.15, 0.2) is 5.65 Å². The Morgan fingerprint density at radius 2 is 2.08 bits per heavy atom. The number of nitrogens with zero attached hydrogens (tertiary/aromatic N) is 3. The number of pyridine rings is 1.